The fourth-order valence-electron chi connectivity index (χ4n) is 3.22. The molecule has 0 saturated carbocycles. The molecule has 3 heterocycles. The van der Waals surface area contributed by atoms with Gasteiger partial charge in [-0.05, 0) is 36.3 Å². The van der Waals surface area contributed by atoms with Crippen molar-refractivity contribution in [3.8, 4) is 5.75 Å². The third-order valence-electron chi connectivity index (χ3n) is 4.66. The van der Waals surface area contributed by atoms with Gasteiger partial charge in [0.15, 0.2) is 11.6 Å². The third-order valence-corrected chi connectivity index (χ3v) is 7.27. The average Bonchev–Trinajstić information content (AvgIpc) is 3.29. The van der Waals surface area contributed by atoms with Gasteiger partial charge in [0.1, 0.15) is 12.4 Å². The van der Waals surface area contributed by atoms with E-state index in [0.29, 0.717) is 23.9 Å². The zero-order valence-corrected chi connectivity index (χ0v) is 17.3. The number of rotatable bonds is 7. The number of benzene rings is 1. The van der Waals surface area contributed by atoms with Crippen LogP contribution in [0.15, 0.2) is 58.3 Å². The minimum absolute atomic E-state index is 0.320. The Kier molecular flexibility index (Phi) is 6.34. The van der Waals surface area contributed by atoms with E-state index >= 15 is 0 Å². The van der Waals surface area contributed by atoms with Gasteiger partial charge in [-0.3, -0.25) is 4.21 Å². The Morgan fingerprint density at radius 1 is 1.07 bits per heavy atom. The van der Waals surface area contributed by atoms with Crippen LogP contribution in [-0.2, 0) is 23.2 Å². The predicted molar refractivity (Wildman–Crippen MR) is 113 cm³/mol. The van der Waals surface area contributed by atoms with Crippen molar-refractivity contribution in [1.82, 2.24) is 9.97 Å². The molecule has 1 atom stereocenters. The van der Waals surface area contributed by atoms with Crippen LogP contribution in [0.25, 0.3) is 0 Å². The number of aromatic nitrogens is 2. The number of hydrogen-bond acceptors (Lipinski definition) is 6. The number of nitrogens with zero attached hydrogens (tertiary/aromatic N) is 3. The molecule has 2 aromatic heterocycles. The fraction of sp³-hybridized carbons (Fsp3) is 0.333. The van der Waals surface area contributed by atoms with Gasteiger partial charge in [-0.15, -0.1) is 11.3 Å². The van der Waals surface area contributed by atoms with E-state index in [1.165, 1.54) is 17.8 Å². The smallest absolute Gasteiger partial charge is 0.180 e. The summed E-state index contributed by atoms with van der Waals surface area (Å²) in [5, 5.41) is 1.94. The number of ether oxygens (including phenoxy) is 1. The quantitative estimate of drug-likeness (QED) is 0.574. The van der Waals surface area contributed by atoms with Gasteiger partial charge in [-0.1, -0.05) is 36.4 Å². The molecule has 1 aliphatic rings. The molecule has 1 unspecified atom stereocenters. The average molecular weight is 414 g/mol. The van der Waals surface area contributed by atoms with E-state index in [1.807, 2.05) is 47.8 Å². The van der Waals surface area contributed by atoms with Crippen LogP contribution in [0.2, 0.25) is 0 Å². The molecular weight excluding hydrogens is 390 g/mol. The van der Waals surface area contributed by atoms with Crippen LogP contribution in [0.3, 0.4) is 0 Å². The Balaban J connectivity index is 1.55. The lowest BCUT2D eigenvalue weighted by Crippen LogP contribution is -2.31. The Morgan fingerprint density at radius 3 is 2.64 bits per heavy atom. The molecule has 0 N–H and O–H groups in total. The minimum Gasteiger partial charge on any atom is -0.483 e. The predicted octanol–water partition coefficient (Wildman–Crippen LogP) is 4.42. The summed E-state index contributed by atoms with van der Waals surface area (Å²) in [7, 11) is -1.12. The monoisotopic (exact) mass is 413 g/mol. The van der Waals surface area contributed by atoms with Crippen LogP contribution in [0.5, 0.6) is 5.75 Å². The lowest BCUT2D eigenvalue weighted by atomic mass is 10.1. The van der Waals surface area contributed by atoms with Crippen LogP contribution >= 0.6 is 11.3 Å². The Bertz CT molecular complexity index is 911. The Labute approximate surface area is 171 Å². The number of hydrogen-bond donors (Lipinski definition) is 0. The standard InChI is InChI=1S/C21H23N3O2S2/c25-28(20-10-7-13-27-20)16-19-22-14-18(26-15-17-8-3-1-4-9-17)21(23-19)24-11-5-2-6-12-24/h1,3-4,7-10,13-14H,2,5-6,11-12,15-16H2. The van der Waals surface area contributed by atoms with Crippen molar-refractivity contribution in [2.24, 2.45) is 0 Å². The first kappa shape index (κ1) is 19.1. The van der Waals surface area contributed by atoms with Gasteiger partial charge in [0.05, 0.1) is 27.0 Å². The van der Waals surface area contributed by atoms with Gasteiger partial charge in [-0.2, -0.15) is 0 Å². The van der Waals surface area contributed by atoms with E-state index < -0.39 is 10.8 Å². The lowest BCUT2D eigenvalue weighted by molar-refractivity contribution is 0.303. The first-order valence-corrected chi connectivity index (χ1v) is 11.7. The molecule has 3 aromatic rings. The molecule has 0 spiro atoms. The molecule has 0 bridgehead atoms. The van der Waals surface area contributed by atoms with Gasteiger partial charge >= 0.3 is 0 Å². The van der Waals surface area contributed by atoms with Gasteiger partial charge in [0.25, 0.3) is 0 Å². The summed E-state index contributed by atoms with van der Waals surface area (Å²) in [6.07, 6.45) is 5.29. The maximum absolute atomic E-state index is 12.6. The van der Waals surface area contributed by atoms with Crippen LogP contribution in [0.1, 0.15) is 30.7 Å². The summed E-state index contributed by atoms with van der Waals surface area (Å²) < 4.78 is 19.5. The minimum atomic E-state index is -1.12. The summed E-state index contributed by atoms with van der Waals surface area (Å²) in [6.45, 7) is 2.41. The van der Waals surface area contributed by atoms with Gasteiger partial charge in [0, 0.05) is 13.1 Å². The maximum Gasteiger partial charge on any atom is 0.180 e. The van der Waals surface area contributed by atoms with Crippen LogP contribution in [0, 0.1) is 0 Å². The molecule has 1 fully saturated rings. The zero-order valence-electron chi connectivity index (χ0n) is 15.6. The van der Waals surface area contributed by atoms with Crippen LogP contribution in [0.4, 0.5) is 5.82 Å². The number of anilines is 1. The van der Waals surface area contributed by atoms with Crippen molar-refractivity contribution in [3.63, 3.8) is 0 Å². The second kappa shape index (κ2) is 9.30. The highest BCUT2D eigenvalue weighted by Gasteiger charge is 2.19. The second-order valence-electron chi connectivity index (χ2n) is 6.72. The van der Waals surface area contributed by atoms with Gasteiger partial charge in [-0.25, -0.2) is 9.97 Å². The van der Waals surface area contributed by atoms with Crippen molar-refractivity contribution in [1.29, 1.82) is 0 Å². The topological polar surface area (TPSA) is 55.3 Å². The summed E-state index contributed by atoms with van der Waals surface area (Å²) >= 11 is 1.50. The largest absolute Gasteiger partial charge is 0.483 e. The maximum atomic E-state index is 12.6. The highest BCUT2D eigenvalue weighted by atomic mass is 32.2. The van der Waals surface area contributed by atoms with Gasteiger partial charge < -0.3 is 9.64 Å². The fourth-order valence-corrected chi connectivity index (χ4v) is 5.18. The van der Waals surface area contributed by atoms with E-state index in [1.54, 1.807) is 6.20 Å². The molecule has 0 amide bonds. The Hall–Kier alpha value is -2.25. The lowest BCUT2D eigenvalue weighted by Gasteiger charge is -2.29. The molecule has 5 nitrogen and oxygen atoms in total. The molecule has 4 rings (SSSR count). The molecule has 1 aliphatic heterocycles. The summed E-state index contributed by atoms with van der Waals surface area (Å²) in [6, 6.07) is 13.9. The number of piperidine rings is 1. The Morgan fingerprint density at radius 2 is 1.89 bits per heavy atom. The molecule has 0 aliphatic carbocycles. The zero-order chi connectivity index (χ0) is 19.2. The number of thiophene rings is 1. The normalized spacial score (nSPS) is 15.4. The summed E-state index contributed by atoms with van der Waals surface area (Å²) in [4.78, 5) is 11.5. The summed E-state index contributed by atoms with van der Waals surface area (Å²) in [5.74, 6) is 2.43. The summed E-state index contributed by atoms with van der Waals surface area (Å²) in [5.41, 5.74) is 1.11. The van der Waals surface area contributed by atoms with Crippen molar-refractivity contribution in [2.75, 3.05) is 18.0 Å². The van der Waals surface area contributed by atoms with Crippen molar-refractivity contribution in [3.05, 3.63) is 65.4 Å². The SMILES string of the molecule is O=S(Cc1ncc(OCc2ccccc2)c(N2CCCCC2)n1)c1cccs1. The first-order valence-electron chi connectivity index (χ1n) is 9.49. The molecule has 0 radical (unpaired) electrons. The highest BCUT2D eigenvalue weighted by molar-refractivity contribution is 7.86. The van der Waals surface area contributed by atoms with E-state index in [9.17, 15) is 4.21 Å². The second-order valence-corrected chi connectivity index (χ2v) is 9.34. The third kappa shape index (κ3) is 4.77. The van der Waals surface area contributed by atoms with Crippen molar-refractivity contribution in [2.45, 2.75) is 35.8 Å². The molecule has 1 saturated heterocycles. The molecule has 146 valence electrons. The van der Waals surface area contributed by atoms with E-state index in [0.717, 1.165) is 41.5 Å². The van der Waals surface area contributed by atoms with Gasteiger partial charge in [0.2, 0.25) is 0 Å². The van der Waals surface area contributed by atoms with Crippen LogP contribution in [-0.4, -0.2) is 27.3 Å². The molecule has 1 aromatic carbocycles. The van der Waals surface area contributed by atoms with Crippen molar-refractivity contribution >= 4 is 28.0 Å². The van der Waals surface area contributed by atoms with Crippen molar-refractivity contribution < 1.29 is 8.95 Å². The molecular formula is C21H23N3O2S2. The van der Waals surface area contributed by atoms with Crippen LogP contribution < -0.4 is 9.64 Å². The molecule has 28 heavy (non-hydrogen) atoms. The highest BCUT2D eigenvalue weighted by Crippen LogP contribution is 2.29. The van der Waals surface area contributed by atoms with E-state index in [-0.39, 0.29) is 0 Å². The van der Waals surface area contributed by atoms with E-state index in [2.05, 4.69) is 9.88 Å². The first-order chi connectivity index (χ1) is 13.8. The molecule has 7 heteroatoms. The van der Waals surface area contributed by atoms with E-state index in [4.69, 9.17) is 9.72 Å².